The quantitative estimate of drug-likeness (QED) is 0.569. The molecule has 2 fully saturated rings. The van der Waals surface area contributed by atoms with Gasteiger partial charge in [-0.05, 0) is 37.5 Å². The fourth-order valence-electron chi connectivity index (χ4n) is 2.51. The first kappa shape index (κ1) is 14.4. The Morgan fingerprint density at radius 3 is 2.48 bits per heavy atom. The molecule has 1 heterocycles. The topological polar surface area (TPSA) is 88.0 Å². The molecule has 0 unspecified atom stereocenters. The van der Waals surface area contributed by atoms with E-state index >= 15 is 0 Å². The lowest BCUT2D eigenvalue weighted by Gasteiger charge is -2.20. The van der Waals surface area contributed by atoms with Gasteiger partial charge >= 0.3 is 11.9 Å². The molecule has 2 aliphatic carbocycles. The summed E-state index contributed by atoms with van der Waals surface area (Å²) < 4.78 is 5.16. The molecule has 2 saturated carbocycles. The molecule has 7 heteroatoms. The molecule has 0 aromatic rings. The number of ether oxygens (including phenoxy) is 1. The van der Waals surface area contributed by atoms with Gasteiger partial charge in [-0.15, -0.1) is 0 Å². The molecule has 2 N–H and O–H groups in total. The van der Waals surface area contributed by atoms with Crippen LogP contribution in [0.25, 0.3) is 0 Å². The Balaban J connectivity index is 1.67. The van der Waals surface area contributed by atoms with E-state index in [0.29, 0.717) is 23.6 Å². The predicted octanol–water partition coefficient (Wildman–Crippen LogP) is 1.38. The lowest BCUT2D eigenvalue weighted by atomic mass is 10.1. The van der Waals surface area contributed by atoms with Gasteiger partial charge in [0.25, 0.3) is 5.23 Å². The van der Waals surface area contributed by atoms with Gasteiger partial charge in [0.2, 0.25) is 0 Å². The number of nitrogens with one attached hydrogen (secondary N) is 1. The second kappa shape index (κ2) is 6.09. The van der Waals surface area contributed by atoms with E-state index in [2.05, 4.69) is 10.3 Å². The molecular weight excluding hydrogens is 292 g/mol. The van der Waals surface area contributed by atoms with Crippen LogP contribution in [0.1, 0.15) is 25.7 Å². The molecule has 3 aliphatic rings. The Morgan fingerprint density at radius 1 is 1.33 bits per heavy atom. The number of hydrogen-bond donors (Lipinski definition) is 2. The number of nitrogens with zero attached hydrogens (tertiary/aromatic N) is 1. The molecule has 21 heavy (non-hydrogen) atoms. The van der Waals surface area contributed by atoms with Gasteiger partial charge in [0.05, 0.1) is 12.6 Å². The summed E-state index contributed by atoms with van der Waals surface area (Å²) in [6, 6.07) is 0.196. The Bertz CT molecular complexity index is 497. The van der Waals surface area contributed by atoms with E-state index in [1.807, 2.05) is 0 Å². The van der Waals surface area contributed by atoms with E-state index in [1.54, 1.807) is 0 Å². The van der Waals surface area contributed by atoms with Crippen molar-refractivity contribution in [1.29, 1.82) is 0 Å². The van der Waals surface area contributed by atoms with Gasteiger partial charge in [-0.2, -0.15) is 0 Å². The number of thioether (sulfide) groups is 1. The number of aliphatic carboxylic acids is 1. The van der Waals surface area contributed by atoms with E-state index in [4.69, 9.17) is 9.84 Å². The minimum Gasteiger partial charge on any atom is -0.478 e. The Kier molecular flexibility index (Phi) is 4.19. The summed E-state index contributed by atoms with van der Waals surface area (Å²) in [6.45, 7) is 0.630. The SMILES string of the molecule is O=C(O)/C=C(\NC(C1CC1)C1CC1)C(=O)OC1=NCCS1. The van der Waals surface area contributed by atoms with Crippen LogP contribution in [-0.4, -0.2) is 40.6 Å². The van der Waals surface area contributed by atoms with E-state index < -0.39 is 11.9 Å². The van der Waals surface area contributed by atoms with Crippen LogP contribution < -0.4 is 5.32 Å². The smallest absolute Gasteiger partial charge is 0.361 e. The molecule has 0 saturated heterocycles. The predicted molar refractivity (Wildman–Crippen MR) is 78.9 cm³/mol. The molecule has 0 amide bonds. The van der Waals surface area contributed by atoms with Gasteiger partial charge in [-0.25, -0.2) is 14.6 Å². The second-order valence-electron chi connectivity index (χ2n) is 5.63. The number of carboxylic acids is 1. The number of aliphatic imine (C=N–C) groups is 1. The second-order valence-corrected chi connectivity index (χ2v) is 6.67. The first-order chi connectivity index (χ1) is 10.1. The van der Waals surface area contributed by atoms with Crippen LogP contribution in [0.2, 0.25) is 0 Å². The van der Waals surface area contributed by atoms with Gasteiger partial charge in [-0.1, -0.05) is 11.8 Å². The Morgan fingerprint density at radius 2 is 2.00 bits per heavy atom. The molecule has 0 aromatic heterocycles. The van der Waals surface area contributed by atoms with Crippen molar-refractivity contribution >= 4 is 28.9 Å². The fourth-order valence-corrected chi connectivity index (χ4v) is 3.18. The van der Waals surface area contributed by atoms with Crippen molar-refractivity contribution in [3.05, 3.63) is 11.8 Å². The number of hydrogen-bond acceptors (Lipinski definition) is 6. The highest BCUT2D eigenvalue weighted by atomic mass is 32.2. The van der Waals surface area contributed by atoms with Crippen molar-refractivity contribution in [2.45, 2.75) is 31.7 Å². The minimum absolute atomic E-state index is 0.0292. The van der Waals surface area contributed by atoms with Crippen LogP contribution in [0.5, 0.6) is 0 Å². The van der Waals surface area contributed by atoms with Gasteiger partial charge in [0, 0.05) is 11.8 Å². The maximum Gasteiger partial charge on any atom is 0.361 e. The zero-order valence-electron chi connectivity index (χ0n) is 11.6. The summed E-state index contributed by atoms with van der Waals surface area (Å²) in [5.74, 6) is 0.0971. The summed E-state index contributed by atoms with van der Waals surface area (Å²) in [6.07, 6.45) is 5.48. The lowest BCUT2D eigenvalue weighted by molar-refractivity contribution is -0.134. The normalized spacial score (nSPS) is 22.1. The van der Waals surface area contributed by atoms with Crippen LogP contribution in [0.15, 0.2) is 16.8 Å². The summed E-state index contributed by atoms with van der Waals surface area (Å²) >= 11 is 1.37. The van der Waals surface area contributed by atoms with Gasteiger partial charge in [-0.3, -0.25) is 0 Å². The average molecular weight is 310 g/mol. The number of carbonyl (C=O) groups is 2. The molecule has 114 valence electrons. The molecule has 3 rings (SSSR count). The van der Waals surface area contributed by atoms with Crippen molar-refractivity contribution in [2.24, 2.45) is 16.8 Å². The van der Waals surface area contributed by atoms with Crippen molar-refractivity contribution in [2.75, 3.05) is 12.3 Å². The lowest BCUT2D eigenvalue weighted by Crippen LogP contribution is -2.36. The average Bonchev–Trinajstić information content (AvgIpc) is 3.35. The largest absolute Gasteiger partial charge is 0.478 e. The van der Waals surface area contributed by atoms with Crippen molar-refractivity contribution in [1.82, 2.24) is 5.32 Å². The minimum atomic E-state index is -1.15. The highest BCUT2D eigenvalue weighted by molar-refractivity contribution is 8.13. The standard InChI is InChI=1S/C14H18N2O4S/c17-11(18)7-10(13(19)20-14-15-5-6-21-14)16-12(8-1-2-8)9-3-4-9/h7-9,12,16H,1-6H2,(H,17,18)/b10-7-. The van der Waals surface area contributed by atoms with E-state index in [1.165, 1.54) is 11.8 Å². The third kappa shape index (κ3) is 4.00. The van der Waals surface area contributed by atoms with Gasteiger partial charge < -0.3 is 15.2 Å². The third-order valence-electron chi connectivity index (χ3n) is 3.81. The Labute approximate surface area is 127 Å². The zero-order chi connectivity index (χ0) is 14.8. The van der Waals surface area contributed by atoms with Crippen molar-refractivity contribution in [3.63, 3.8) is 0 Å². The fraction of sp³-hybridized carbons (Fsp3) is 0.643. The first-order valence-electron chi connectivity index (χ1n) is 7.24. The molecule has 0 atom stereocenters. The maximum absolute atomic E-state index is 12.1. The van der Waals surface area contributed by atoms with E-state index in [-0.39, 0.29) is 11.7 Å². The van der Waals surface area contributed by atoms with Crippen molar-refractivity contribution < 1.29 is 19.4 Å². The zero-order valence-corrected chi connectivity index (χ0v) is 12.4. The molecular formula is C14H18N2O4S. The van der Waals surface area contributed by atoms with Gasteiger partial charge in [0.15, 0.2) is 0 Å². The van der Waals surface area contributed by atoms with Crippen LogP contribution in [0.4, 0.5) is 0 Å². The highest BCUT2D eigenvalue weighted by Gasteiger charge is 2.42. The number of carbonyl (C=O) groups excluding carboxylic acids is 1. The summed E-state index contributed by atoms with van der Waals surface area (Å²) in [5.41, 5.74) is 0.0292. The molecule has 0 spiro atoms. The Hall–Kier alpha value is -1.50. The molecule has 0 bridgehead atoms. The van der Waals surface area contributed by atoms with Gasteiger partial charge in [0.1, 0.15) is 5.70 Å². The van der Waals surface area contributed by atoms with E-state index in [9.17, 15) is 9.59 Å². The molecule has 0 aromatic carbocycles. The molecule has 1 aliphatic heterocycles. The van der Waals surface area contributed by atoms with Crippen LogP contribution in [-0.2, 0) is 14.3 Å². The number of rotatable bonds is 6. The molecule has 0 radical (unpaired) electrons. The third-order valence-corrected chi connectivity index (χ3v) is 4.65. The van der Waals surface area contributed by atoms with E-state index in [0.717, 1.165) is 37.5 Å². The first-order valence-corrected chi connectivity index (χ1v) is 8.22. The van der Waals surface area contributed by atoms with Crippen molar-refractivity contribution in [3.8, 4) is 0 Å². The highest BCUT2D eigenvalue weighted by Crippen LogP contribution is 2.44. The molecule has 6 nitrogen and oxygen atoms in total. The number of esters is 1. The van der Waals surface area contributed by atoms with Crippen LogP contribution >= 0.6 is 11.8 Å². The number of carboxylic acid groups (broad SMARTS) is 1. The summed E-state index contributed by atoms with van der Waals surface area (Å²) in [4.78, 5) is 27.1. The van der Waals surface area contributed by atoms with Crippen LogP contribution in [0.3, 0.4) is 0 Å². The maximum atomic E-state index is 12.1. The summed E-state index contributed by atoms with van der Waals surface area (Å²) in [5, 5.41) is 12.4. The van der Waals surface area contributed by atoms with Crippen LogP contribution in [0, 0.1) is 11.8 Å². The monoisotopic (exact) mass is 310 g/mol. The summed E-state index contributed by atoms with van der Waals surface area (Å²) in [7, 11) is 0.